The van der Waals surface area contributed by atoms with Gasteiger partial charge in [-0.15, -0.1) is 0 Å². The van der Waals surface area contributed by atoms with Gasteiger partial charge in [-0.1, -0.05) is 46.0 Å². The van der Waals surface area contributed by atoms with Crippen LogP contribution in [0, 0.1) is 0 Å². The zero-order valence-electron chi connectivity index (χ0n) is 10.1. The van der Waals surface area contributed by atoms with Gasteiger partial charge in [-0.3, -0.25) is 4.79 Å². The summed E-state index contributed by atoms with van der Waals surface area (Å²) >= 11 is 1.21. The highest BCUT2D eigenvalue weighted by atomic mass is 32.2. The van der Waals surface area contributed by atoms with E-state index in [0.717, 1.165) is 13.1 Å². The van der Waals surface area contributed by atoms with E-state index in [4.69, 9.17) is 0 Å². The second-order valence-corrected chi connectivity index (χ2v) is 4.74. The zero-order valence-corrected chi connectivity index (χ0v) is 10.9. The average Bonchev–Trinajstić information content (AvgIpc) is 2.24. The molecule has 0 atom stereocenters. The molecule has 0 fully saturated rings. The summed E-state index contributed by atoms with van der Waals surface area (Å²) in [6.07, 6.45) is 8.73. The van der Waals surface area contributed by atoms with Gasteiger partial charge in [0.15, 0.2) is 0 Å². The van der Waals surface area contributed by atoms with E-state index in [1.54, 1.807) is 0 Å². The first-order chi connectivity index (χ1) is 7.35. The summed E-state index contributed by atoms with van der Waals surface area (Å²) in [6, 6.07) is 0. The summed E-state index contributed by atoms with van der Waals surface area (Å²) in [6.45, 7) is 6.47. The van der Waals surface area contributed by atoms with Crippen LogP contribution in [0.25, 0.3) is 0 Å². The van der Waals surface area contributed by atoms with E-state index in [9.17, 15) is 4.79 Å². The van der Waals surface area contributed by atoms with E-state index < -0.39 is 0 Å². The van der Waals surface area contributed by atoms with Crippen LogP contribution in [0.15, 0.2) is 0 Å². The maximum atomic E-state index is 10.3. The Balaban J connectivity index is 3.48. The summed E-state index contributed by atoms with van der Waals surface area (Å²) in [5, 5.41) is 0. The van der Waals surface area contributed by atoms with E-state index in [1.165, 1.54) is 56.9 Å². The second-order valence-electron chi connectivity index (χ2n) is 3.87. The van der Waals surface area contributed by atoms with E-state index in [1.807, 2.05) is 5.62 Å². The first-order valence-corrected chi connectivity index (χ1v) is 6.91. The third-order valence-corrected chi connectivity index (χ3v) is 3.14. The summed E-state index contributed by atoms with van der Waals surface area (Å²) < 4.78 is 2.15. The summed E-state index contributed by atoms with van der Waals surface area (Å²) in [5.74, 6) is 0. The molecule has 0 heterocycles. The highest BCUT2D eigenvalue weighted by molar-refractivity contribution is 8.09. The molecule has 0 unspecified atom stereocenters. The standard InChI is InChI=1S/C12H24NOS/c1-3-5-7-9-11-13(15-12-14)10-8-6-4-2/h3-11H2,1-2H3. The normalized spacial score (nSPS) is 10.9. The first-order valence-electron chi connectivity index (χ1n) is 6.14. The van der Waals surface area contributed by atoms with Crippen molar-refractivity contribution in [2.75, 3.05) is 13.1 Å². The van der Waals surface area contributed by atoms with Gasteiger partial charge in [-0.05, 0) is 12.8 Å². The monoisotopic (exact) mass is 230 g/mol. The van der Waals surface area contributed by atoms with Crippen LogP contribution >= 0.6 is 11.9 Å². The van der Waals surface area contributed by atoms with Crippen molar-refractivity contribution in [1.29, 1.82) is 0 Å². The van der Waals surface area contributed by atoms with Gasteiger partial charge in [0, 0.05) is 25.0 Å². The fraction of sp³-hybridized carbons (Fsp3) is 0.917. The maximum Gasteiger partial charge on any atom is 0.282 e. The maximum absolute atomic E-state index is 10.3. The van der Waals surface area contributed by atoms with Crippen molar-refractivity contribution in [1.82, 2.24) is 4.31 Å². The predicted molar refractivity (Wildman–Crippen MR) is 68.5 cm³/mol. The fourth-order valence-electron chi connectivity index (χ4n) is 1.51. The minimum absolute atomic E-state index is 1.03. The van der Waals surface area contributed by atoms with Gasteiger partial charge in [-0.2, -0.15) is 0 Å². The average molecular weight is 230 g/mol. The number of hydrogen-bond donors (Lipinski definition) is 0. The van der Waals surface area contributed by atoms with Crippen molar-refractivity contribution in [2.24, 2.45) is 0 Å². The molecule has 0 spiro atoms. The van der Waals surface area contributed by atoms with Gasteiger partial charge in [0.1, 0.15) is 0 Å². The highest BCUT2D eigenvalue weighted by Crippen LogP contribution is 2.11. The van der Waals surface area contributed by atoms with Crippen LogP contribution < -0.4 is 0 Å². The molecule has 0 saturated heterocycles. The van der Waals surface area contributed by atoms with Crippen molar-refractivity contribution in [3.05, 3.63) is 0 Å². The quantitative estimate of drug-likeness (QED) is 0.398. The SMILES string of the molecule is CCCCCCN(CCCCC)S[C]=O. The Morgan fingerprint density at radius 3 is 2.00 bits per heavy atom. The molecule has 0 aromatic carbocycles. The van der Waals surface area contributed by atoms with Gasteiger partial charge in [0.05, 0.1) is 0 Å². The molecule has 1 radical (unpaired) electrons. The third-order valence-electron chi connectivity index (χ3n) is 2.44. The van der Waals surface area contributed by atoms with Gasteiger partial charge < -0.3 is 0 Å². The Morgan fingerprint density at radius 1 is 0.933 bits per heavy atom. The lowest BCUT2D eigenvalue weighted by atomic mass is 10.2. The summed E-state index contributed by atoms with van der Waals surface area (Å²) in [4.78, 5) is 10.3. The lowest BCUT2D eigenvalue weighted by Gasteiger charge is -2.17. The van der Waals surface area contributed by atoms with Crippen molar-refractivity contribution >= 4 is 17.6 Å². The number of rotatable bonds is 11. The molecule has 0 bridgehead atoms. The molecule has 0 aliphatic rings. The summed E-state index contributed by atoms with van der Waals surface area (Å²) in [5.41, 5.74) is 1.93. The molecule has 0 saturated carbocycles. The molecule has 0 N–H and O–H groups in total. The van der Waals surface area contributed by atoms with Crippen LogP contribution in [0.4, 0.5) is 0 Å². The van der Waals surface area contributed by atoms with Crippen LogP contribution in [0.2, 0.25) is 0 Å². The second kappa shape index (κ2) is 12.1. The van der Waals surface area contributed by atoms with Crippen molar-refractivity contribution in [3.63, 3.8) is 0 Å². The molecule has 0 aliphatic heterocycles. The Kier molecular flexibility index (Phi) is 12.0. The molecular weight excluding hydrogens is 206 g/mol. The van der Waals surface area contributed by atoms with Gasteiger partial charge in [0.25, 0.3) is 5.62 Å². The number of carbonyl (C=O) groups excluding carboxylic acids is 1. The lowest BCUT2D eigenvalue weighted by Crippen LogP contribution is -2.18. The molecule has 0 aromatic heterocycles. The van der Waals surface area contributed by atoms with E-state index in [2.05, 4.69) is 18.2 Å². The van der Waals surface area contributed by atoms with E-state index in [-0.39, 0.29) is 0 Å². The Bertz CT molecular complexity index is 142. The molecular formula is C12H24NOS. The van der Waals surface area contributed by atoms with Crippen molar-refractivity contribution < 1.29 is 4.79 Å². The molecule has 2 nitrogen and oxygen atoms in total. The molecule has 0 aliphatic carbocycles. The van der Waals surface area contributed by atoms with Crippen LogP contribution in [-0.4, -0.2) is 23.0 Å². The number of unbranched alkanes of at least 4 members (excludes halogenated alkanes) is 5. The van der Waals surface area contributed by atoms with Crippen molar-refractivity contribution in [3.8, 4) is 0 Å². The molecule has 0 amide bonds. The molecule has 0 aromatic rings. The highest BCUT2D eigenvalue weighted by Gasteiger charge is 2.04. The molecule has 3 heteroatoms. The smallest absolute Gasteiger partial charge is 0.276 e. The largest absolute Gasteiger partial charge is 0.282 e. The Hall–Kier alpha value is -0.0200. The topological polar surface area (TPSA) is 20.3 Å². The molecule has 0 rings (SSSR count). The zero-order chi connectivity index (χ0) is 11.4. The molecule has 89 valence electrons. The van der Waals surface area contributed by atoms with E-state index >= 15 is 0 Å². The van der Waals surface area contributed by atoms with Crippen LogP contribution in [0.5, 0.6) is 0 Å². The number of nitrogens with zero attached hydrogens (tertiary/aromatic N) is 1. The minimum Gasteiger partial charge on any atom is -0.276 e. The Labute approximate surface area is 98.9 Å². The van der Waals surface area contributed by atoms with Gasteiger partial charge in [-0.25, -0.2) is 4.31 Å². The lowest BCUT2D eigenvalue weighted by molar-refractivity contribution is 0.432. The molecule has 15 heavy (non-hydrogen) atoms. The summed E-state index contributed by atoms with van der Waals surface area (Å²) in [7, 11) is 0. The van der Waals surface area contributed by atoms with Gasteiger partial charge in [0.2, 0.25) is 0 Å². The van der Waals surface area contributed by atoms with Crippen LogP contribution in [0.3, 0.4) is 0 Å². The minimum atomic E-state index is 1.03. The Morgan fingerprint density at radius 2 is 1.47 bits per heavy atom. The van der Waals surface area contributed by atoms with Crippen LogP contribution in [-0.2, 0) is 4.79 Å². The third kappa shape index (κ3) is 10.3. The number of hydrogen-bond acceptors (Lipinski definition) is 3. The van der Waals surface area contributed by atoms with Gasteiger partial charge >= 0.3 is 0 Å². The van der Waals surface area contributed by atoms with Crippen LogP contribution in [0.1, 0.15) is 58.8 Å². The van der Waals surface area contributed by atoms with E-state index in [0.29, 0.717) is 0 Å². The van der Waals surface area contributed by atoms with Crippen molar-refractivity contribution in [2.45, 2.75) is 58.8 Å². The predicted octanol–water partition coefficient (Wildman–Crippen LogP) is 3.77. The first kappa shape index (κ1) is 15.0. The fourth-order valence-corrected chi connectivity index (χ4v) is 2.06.